The Kier molecular flexibility index (Phi) is 4.96. The molecule has 0 aliphatic carbocycles. The van der Waals surface area contributed by atoms with Crippen LogP contribution in [-0.4, -0.2) is 22.0 Å². The molecule has 1 fully saturated rings. The summed E-state index contributed by atoms with van der Waals surface area (Å²) in [7, 11) is 0. The van der Waals surface area contributed by atoms with Crippen molar-refractivity contribution in [1.82, 2.24) is 0 Å². The van der Waals surface area contributed by atoms with Crippen molar-refractivity contribution < 1.29 is 0 Å². The maximum atomic E-state index is 6.35. The van der Waals surface area contributed by atoms with E-state index in [0.717, 1.165) is 11.3 Å². The van der Waals surface area contributed by atoms with E-state index in [9.17, 15) is 0 Å². The van der Waals surface area contributed by atoms with Crippen LogP contribution in [0.3, 0.4) is 0 Å². The van der Waals surface area contributed by atoms with Crippen LogP contribution in [0, 0.1) is 0 Å². The van der Waals surface area contributed by atoms with E-state index >= 15 is 0 Å². The fourth-order valence-electron chi connectivity index (χ4n) is 2.00. The standard InChI is InChI=1S/C12H15Cl2NS2/c1-7-12(17-6-5-16-7)11(15)8-3-2-4-9(13)10(8)14/h2-4,7,11-12H,5-6,15H2,1H3. The first-order valence-electron chi connectivity index (χ1n) is 5.54. The Labute approximate surface area is 121 Å². The summed E-state index contributed by atoms with van der Waals surface area (Å²) in [6, 6.07) is 5.64. The van der Waals surface area contributed by atoms with E-state index < -0.39 is 0 Å². The molecule has 0 radical (unpaired) electrons. The molecule has 2 rings (SSSR count). The normalized spacial score (nSPS) is 26.8. The summed E-state index contributed by atoms with van der Waals surface area (Å²) in [5, 5.41) is 2.15. The molecule has 94 valence electrons. The lowest BCUT2D eigenvalue weighted by Gasteiger charge is -2.33. The summed E-state index contributed by atoms with van der Waals surface area (Å²) in [4.78, 5) is 0. The zero-order valence-corrected chi connectivity index (χ0v) is 12.7. The van der Waals surface area contributed by atoms with Crippen molar-refractivity contribution in [2.45, 2.75) is 23.5 Å². The van der Waals surface area contributed by atoms with Gasteiger partial charge in [0.25, 0.3) is 0 Å². The van der Waals surface area contributed by atoms with Crippen LogP contribution in [0.1, 0.15) is 18.5 Å². The van der Waals surface area contributed by atoms with Crippen molar-refractivity contribution in [3.63, 3.8) is 0 Å². The summed E-state index contributed by atoms with van der Waals surface area (Å²) >= 11 is 16.2. The molecule has 3 atom stereocenters. The smallest absolute Gasteiger partial charge is 0.0640 e. The van der Waals surface area contributed by atoms with Crippen molar-refractivity contribution in [3.8, 4) is 0 Å². The molecule has 1 aliphatic rings. The van der Waals surface area contributed by atoms with Gasteiger partial charge in [0.05, 0.1) is 10.0 Å². The third-order valence-corrected chi connectivity index (χ3v) is 6.98. The molecule has 1 heterocycles. The van der Waals surface area contributed by atoms with Gasteiger partial charge in [0.2, 0.25) is 0 Å². The van der Waals surface area contributed by atoms with E-state index in [1.54, 1.807) is 6.07 Å². The summed E-state index contributed by atoms with van der Waals surface area (Å²) in [6.45, 7) is 2.24. The SMILES string of the molecule is CC1SCCSC1C(N)c1cccc(Cl)c1Cl. The average Bonchev–Trinajstić information content (AvgIpc) is 2.32. The fraction of sp³-hybridized carbons (Fsp3) is 0.500. The van der Waals surface area contributed by atoms with Gasteiger partial charge in [-0.1, -0.05) is 42.3 Å². The predicted octanol–water partition coefficient (Wildman–Crippen LogP) is 4.23. The first-order valence-corrected chi connectivity index (χ1v) is 8.39. The van der Waals surface area contributed by atoms with Crippen LogP contribution in [0.5, 0.6) is 0 Å². The topological polar surface area (TPSA) is 26.0 Å². The van der Waals surface area contributed by atoms with E-state index in [0.29, 0.717) is 20.5 Å². The lowest BCUT2D eigenvalue weighted by atomic mass is 10.0. The molecule has 1 aromatic rings. The predicted molar refractivity (Wildman–Crippen MR) is 81.6 cm³/mol. The molecule has 0 bridgehead atoms. The molecule has 17 heavy (non-hydrogen) atoms. The quantitative estimate of drug-likeness (QED) is 0.885. The maximum Gasteiger partial charge on any atom is 0.0640 e. The highest BCUT2D eigenvalue weighted by atomic mass is 35.5. The highest BCUT2D eigenvalue weighted by Crippen LogP contribution is 2.40. The molecular weight excluding hydrogens is 293 g/mol. The Bertz CT molecular complexity index is 400. The molecule has 0 aromatic heterocycles. The summed E-state index contributed by atoms with van der Waals surface area (Å²) < 4.78 is 0. The van der Waals surface area contributed by atoms with Crippen molar-refractivity contribution in [2.24, 2.45) is 5.73 Å². The number of halogens is 2. The molecule has 1 nitrogen and oxygen atoms in total. The monoisotopic (exact) mass is 307 g/mol. The number of rotatable bonds is 2. The number of benzene rings is 1. The Morgan fingerprint density at radius 2 is 2.00 bits per heavy atom. The van der Waals surface area contributed by atoms with Gasteiger partial charge in [0.15, 0.2) is 0 Å². The molecule has 0 saturated carbocycles. The molecule has 1 aromatic carbocycles. The van der Waals surface area contributed by atoms with Gasteiger partial charge in [-0.2, -0.15) is 23.5 Å². The van der Waals surface area contributed by atoms with Crippen molar-refractivity contribution >= 4 is 46.7 Å². The van der Waals surface area contributed by atoms with Gasteiger partial charge in [-0.05, 0) is 11.6 Å². The fourth-order valence-corrected chi connectivity index (χ4v) is 5.30. The van der Waals surface area contributed by atoms with Crippen LogP contribution in [0.2, 0.25) is 10.0 Å². The van der Waals surface area contributed by atoms with Crippen LogP contribution in [0.25, 0.3) is 0 Å². The Morgan fingerprint density at radius 3 is 2.71 bits per heavy atom. The Morgan fingerprint density at radius 1 is 1.29 bits per heavy atom. The largest absolute Gasteiger partial charge is 0.323 e. The van der Waals surface area contributed by atoms with Gasteiger partial charge in [-0.15, -0.1) is 0 Å². The highest BCUT2D eigenvalue weighted by molar-refractivity contribution is 8.07. The van der Waals surface area contributed by atoms with Gasteiger partial charge in [0, 0.05) is 28.0 Å². The first-order chi connectivity index (χ1) is 8.11. The molecule has 1 aliphatic heterocycles. The van der Waals surface area contributed by atoms with E-state index in [-0.39, 0.29) is 6.04 Å². The first kappa shape index (κ1) is 13.9. The van der Waals surface area contributed by atoms with Crippen LogP contribution in [0.15, 0.2) is 18.2 Å². The zero-order valence-electron chi connectivity index (χ0n) is 9.53. The summed E-state index contributed by atoms with van der Waals surface area (Å²) in [5.74, 6) is 2.36. The van der Waals surface area contributed by atoms with Crippen molar-refractivity contribution in [2.75, 3.05) is 11.5 Å². The van der Waals surface area contributed by atoms with Crippen molar-refractivity contribution in [1.29, 1.82) is 0 Å². The van der Waals surface area contributed by atoms with Crippen molar-refractivity contribution in [3.05, 3.63) is 33.8 Å². The van der Waals surface area contributed by atoms with E-state index in [1.807, 2.05) is 35.7 Å². The summed E-state index contributed by atoms with van der Waals surface area (Å²) in [5.41, 5.74) is 7.32. The molecule has 0 amide bonds. The van der Waals surface area contributed by atoms with Gasteiger partial charge in [0.1, 0.15) is 0 Å². The Balaban J connectivity index is 2.23. The minimum absolute atomic E-state index is 0.0472. The molecule has 3 unspecified atom stereocenters. The number of hydrogen-bond donors (Lipinski definition) is 1. The zero-order chi connectivity index (χ0) is 12.4. The molecular formula is C12H15Cl2NS2. The van der Waals surface area contributed by atoms with Crippen LogP contribution in [-0.2, 0) is 0 Å². The maximum absolute atomic E-state index is 6.35. The molecule has 1 saturated heterocycles. The van der Waals surface area contributed by atoms with E-state index in [2.05, 4.69) is 6.92 Å². The van der Waals surface area contributed by atoms with Crippen LogP contribution >= 0.6 is 46.7 Å². The molecule has 2 N–H and O–H groups in total. The Hall–Kier alpha value is 0.460. The minimum atomic E-state index is -0.0472. The molecule has 0 spiro atoms. The lowest BCUT2D eigenvalue weighted by molar-refractivity contribution is 0.664. The lowest BCUT2D eigenvalue weighted by Crippen LogP contribution is -2.34. The number of thioether (sulfide) groups is 2. The van der Waals surface area contributed by atoms with Crippen LogP contribution < -0.4 is 5.73 Å². The molecule has 5 heteroatoms. The highest BCUT2D eigenvalue weighted by Gasteiger charge is 2.30. The third kappa shape index (κ3) is 3.07. The third-order valence-electron chi connectivity index (χ3n) is 2.93. The van der Waals surface area contributed by atoms with Crippen LogP contribution in [0.4, 0.5) is 0 Å². The van der Waals surface area contributed by atoms with Gasteiger partial charge in [-0.3, -0.25) is 0 Å². The summed E-state index contributed by atoms with van der Waals surface area (Å²) in [6.07, 6.45) is 0. The van der Waals surface area contributed by atoms with E-state index in [4.69, 9.17) is 28.9 Å². The second kappa shape index (κ2) is 6.07. The minimum Gasteiger partial charge on any atom is -0.323 e. The van der Waals surface area contributed by atoms with Gasteiger partial charge < -0.3 is 5.73 Å². The van der Waals surface area contributed by atoms with Gasteiger partial charge in [-0.25, -0.2) is 0 Å². The number of nitrogens with two attached hydrogens (primary N) is 1. The average molecular weight is 308 g/mol. The second-order valence-corrected chi connectivity index (χ2v) is 7.64. The second-order valence-electron chi connectivity index (χ2n) is 4.08. The van der Waals surface area contributed by atoms with E-state index in [1.165, 1.54) is 5.75 Å². The number of hydrogen-bond acceptors (Lipinski definition) is 3. The van der Waals surface area contributed by atoms with Gasteiger partial charge >= 0.3 is 0 Å².